The van der Waals surface area contributed by atoms with Crippen LogP contribution < -0.4 is 0 Å². The number of carbonyl (C=O) groups is 1. The smallest absolute Gasteiger partial charge is 0.192 e. The normalized spacial score (nSPS) is 11.1. The first-order chi connectivity index (χ1) is 15.5. The molecule has 32 heavy (non-hydrogen) atoms. The number of ketones is 1. The van der Waals surface area contributed by atoms with E-state index in [1.54, 1.807) is 6.26 Å². The number of aromatic nitrogens is 3. The summed E-state index contributed by atoms with van der Waals surface area (Å²) in [5.41, 5.74) is 5.85. The van der Waals surface area contributed by atoms with Gasteiger partial charge in [-0.1, -0.05) is 61.2 Å². The van der Waals surface area contributed by atoms with Crippen LogP contribution in [0.3, 0.4) is 0 Å². The van der Waals surface area contributed by atoms with E-state index < -0.39 is 0 Å². The van der Waals surface area contributed by atoms with E-state index in [4.69, 9.17) is 4.42 Å². The van der Waals surface area contributed by atoms with Crippen LogP contribution in [-0.4, -0.2) is 26.3 Å². The first-order valence-electron chi connectivity index (χ1n) is 10.8. The summed E-state index contributed by atoms with van der Waals surface area (Å²) < 4.78 is 7.56. The fourth-order valence-corrected chi connectivity index (χ4v) is 4.53. The van der Waals surface area contributed by atoms with Gasteiger partial charge in [0.25, 0.3) is 0 Å². The molecule has 2 heterocycles. The van der Waals surface area contributed by atoms with E-state index in [9.17, 15) is 4.79 Å². The summed E-state index contributed by atoms with van der Waals surface area (Å²) >= 11 is 1.43. The van der Waals surface area contributed by atoms with Crippen molar-refractivity contribution in [3.63, 3.8) is 0 Å². The van der Waals surface area contributed by atoms with Gasteiger partial charge in [-0.15, -0.1) is 10.2 Å². The third kappa shape index (κ3) is 5.02. The molecule has 0 aliphatic heterocycles. The van der Waals surface area contributed by atoms with Crippen molar-refractivity contribution in [2.45, 2.75) is 45.3 Å². The molecular weight excluding hydrogens is 418 g/mol. The molecule has 2 aromatic heterocycles. The van der Waals surface area contributed by atoms with Gasteiger partial charge in [0.05, 0.1) is 18.6 Å². The molecule has 4 rings (SSSR count). The molecule has 0 spiro atoms. The van der Waals surface area contributed by atoms with E-state index in [0.29, 0.717) is 23.9 Å². The second-order valence-corrected chi connectivity index (χ2v) is 8.84. The van der Waals surface area contributed by atoms with Crippen LogP contribution in [0.1, 0.15) is 34.9 Å². The number of hydrogen-bond acceptors (Lipinski definition) is 5. The summed E-state index contributed by atoms with van der Waals surface area (Å²) in [5, 5.41) is 9.52. The molecule has 0 radical (unpaired) electrons. The lowest BCUT2D eigenvalue weighted by Gasteiger charge is -2.12. The quantitative estimate of drug-likeness (QED) is 0.311. The molecule has 0 N–H and O–H groups in total. The first kappa shape index (κ1) is 22.1. The predicted molar refractivity (Wildman–Crippen MR) is 128 cm³/mol. The molecule has 0 saturated heterocycles. The van der Waals surface area contributed by atoms with Crippen molar-refractivity contribution in [1.82, 2.24) is 14.8 Å². The minimum Gasteiger partial charge on any atom is -0.467 e. The highest BCUT2D eigenvalue weighted by Gasteiger charge is 2.17. The molecule has 0 fully saturated rings. The predicted octanol–water partition coefficient (Wildman–Crippen LogP) is 5.67. The van der Waals surface area contributed by atoms with Crippen LogP contribution in [0.5, 0.6) is 0 Å². The SMILES string of the molecule is CCc1cc(C)c(C)cc1CC(=O)CSc1nnc(-c2ccccc2)n1Cc1ccco1. The number of Topliss-reactive ketones (excluding diaryl/α,β-unsaturated/α-hetero) is 1. The first-order valence-corrected chi connectivity index (χ1v) is 11.8. The fourth-order valence-electron chi connectivity index (χ4n) is 3.74. The molecule has 2 aromatic carbocycles. The number of aryl methyl sites for hydroxylation is 3. The third-order valence-corrected chi connectivity index (χ3v) is 6.62. The Morgan fingerprint density at radius 3 is 2.44 bits per heavy atom. The van der Waals surface area contributed by atoms with E-state index in [1.165, 1.54) is 28.5 Å². The summed E-state index contributed by atoms with van der Waals surface area (Å²) in [4.78, 5) is 12.9. The molecule has 4 aromatic rings. The molecule has 0 unspecified atom stereocenters. The lowest BCUT2D eigenvalue weighted by atomic mass is 9.95. The summed E-state index contributed by atoms with van der Waals surface area (Å²) in [5.74, 6) is 2.11. The van der Waals surface area contributed by atoms with E-state index in [0.717, 1.165) is 29.1 Å². The van der Waals surface area contributed by atoms with Crippen LogP contribution in [0, 0.1) is 13.8 Å². The Kier molecular flexibility index (Phi) is 6.90. The Morgan fingerprint density at radius 2 is 1.75 bits per heavy atom. The molecule has 0 aliphatic carbocycles. The second kappa shape index (κ2) is 10.0. The summed E-state index contributed by atoms with van der Waals surface area (Å²) in [6, 6.07) is 18.1. The molecule has 0 aliphatic rings. The largest absolute Gasteiger partial charge is 0.467 e. The zero-order chi connectivity index (χ0) is 22.5. The molecule has 0 saturated carbocycles. The second-order valence-electron chi connectivity index (χ2n) is 7.90. The van der Waals surface area contributed by atoms with Gasteiger partial charge in [0.2, 0.25) is 0 Å². The van der Waals surface area contributed by atoms with Crippen LogP contribution in [0.15, 0.2) is 70.4 Å². The van der Waals surface area contributed by atoms with Crippen LogP contribution in [0.2, 0.25) is 0 Å². The highest BCUT2D eigenvalue weighted by molar-refractivity contribution is 7.99. The minimum absolute atomic E-state index is 0.182. The van der Waals surface area contributed by atoms with Gasteiger partial charge >= 0.3 is 0 Å². The lowest BCUT2D eigenvalue weighted by Crippen LogP contribution is -2.10. The molecule has 0 amide bonds. The maximum absolute atomic E-state index is 12.9. The number of thioether (sulfide) groups is 1. The number of hydrogen-bond donors (Lipinski definition) is 0. The summed E-state index contributed by atoms with van der Waals surface area (Å²) in [6.45, 7) is 6.86. The van der Waals surface area contributed by atoms with E-state index in [2.05, 4.69) is 43.1 Å². The maximum atomic E-state index is 12.9. The van der Waals surface area contributed by atoms with Crippen LogP contribution in [0.25, 0.3) is 11.4 Å². The van der Waals surface area contributed by atoms with Gasteiger partial charge in [-0.05, 0) is 54.7 Å². The van der Waals surface area contributed by atoms with Crippen molar-refractivity contribution >= 4 is 17.5 Å². The zero-order valence-corrected chi connectivity index (χ0v) is 19.5. The van der Waals surface area contributed by atoms with Crippen LogP contribution in [0.4, 0.5) is 0 Å². The number of furan rings is 1. The monoisotopic (exact) mass is 445 g/mol. The van der Waals surface area contributed by atoms with E-state index in [1.807, 2.05) is 47.0 Å². The summed E-state index contributed by atoms with van der Waals surface area (Å²) in [6.07, 6.45) is 3.02. The number of benzene rings is 2. The van der Waals surface area contributed by atoms with Gasteiger partial charge in [-0.25, -0.2) is 0 Å². The van der Waals surface area contributed by atoms with E-state index >= 15 is 0 Å². The standard InChI is InChI=1S/C26H27N3O2S/c1-4-20-13-18(2)19(3)14-22(20)15-23(30)17-32-26-28-27-25(21-9-6-5-7-10-21)29(26)16-24-11-8-12-31-24/h5-14H,4,15-17H2,1-3H3. The average molecular weight is 446 g/mol. The van der Waals surface area contributed by atoms with Gasteiger partial charge in [-0.2, -0.15) is 0 Å². The third-order valence-electron chi connectivity index (χ3n) is 5.59. The Labute approximate surface area is 192 Å². The lowest BCUT2D eigenvalue weighted by molar-refractivity contribution is -0.116. The average Bonchev–Trinajstić information content (AvgIpc) is 3.46. The van der Waals surface area contributed by atoms with Crippen molar-refractivity contribution in [1.29, 1.82) is 0 Å². The highest BCUT2D eigenvalue weighted by Crippen LogP contribution is 2.26. The maximum Gasteiger partial charge on any atom is 0.192 e. The van der Waals surface area contributed by atoms with Gasteiger partial charge in [0.15, 0.2) is 11.0 Å². The number of nitrogens with zero attached hydrogens (tertiary/aromatic N) is 3. The number of carbonyl (C=O) groups excluding carboxylic acids is 1. The highest BCUT2D eigenvalue weighted by atomic mass is 32.2. The molecule has 0 bridgehead atoms. The molecular formula is C26H27N3O2S. The number of rotatable bonds is 9. The van der Waals surface area contributed by atoms with Crippen LogP contribution in [-0.2, 0) is 24.2 Å². The zero-order valence-electron chi connectivity index (χ0n) is 18.7. The Hall–Kier alpha value is -3.12. The Bertz CT molecular complexity index is 1200. The van der Waals surface area contributed by atoms with Crippen molar-refractivity contribution in [3.8, 4) is 11.4 Å². The molecule has 5 nitrogen and oxygen atoms in total. The van der Waals surface area contributed by atoms with Gasteiger partial charge in [-0.3, -0.25) is 9.36 Å². The van der Waals surface area contributed by atoms with Gasteiger partial charge < -0.3 is 4.42 Å². The summed E-state index contributed by atoms with van der Waals surface area (Å²) in [7, 11) is 0. The topological polar surface area (TPSA) is 60.9 Å². The molecule has 0 atom stereocenters. The van der Waals surface area contributed by atoms with Gasteiger partial charge in [0, 0.05) is 12.0 Å². The van der Waals surface area contributed by atoms with E-state index in [-0.39, 0.29) is 5.78 Å². The van der Waals surface area contributed by atoms with Crippen molar-refractivity contribution in [3.05, 3.63) is 88.9 Å². The Balaban J connectivity index is 1.52. The molecule has 6 heteroatoms. The molecule has 164 valence electrons. The van der Waals surface area contributed by atoms with Crippen molar-refractivity contribution in [2.24, 2.45) is 0 Å². The van der Waals surface area contributed by atoms with Gasteiger partial charge in [0.1, 0.15) is 11.5 Å². The Morgan fingerprint density at radius 1 is 1.00 bits per heavy atom. The fraction of sp³-hybridized carbons (Fsp3) is 0.269. The van der Waals surface area contributed by atoms with Crippen molar-refractivity contribution < 1.29 is 9.21 Å². The minimum atomic E-state index is 0.182. The van der Waals surface area contributed by atoms with Crippen molar-refractivity contribution in [2.75, 3.05) is 5.75 Å². The van der Waals surface area contributed by atoms with Crippen LogP contribution >= 0.6 is 11.8 Å².